The Labute approximate surface area is 213 Å². The zero-order valence-corrected chi connectivity index (χ0v) is 21.6. The summed E-state index contributed by atoms with van der Waals surface area (Å²) in [5, 5.41) is 7.36. The van der Waals surface area contributed by atoms with Gasteiger partial charge in [0.25, 0.3) is 5.56 Å². The molecule has 37 heavy (non-hydrogen) atoms. The first-order valence-corrected chi connectivity index (χ1v) is 12.1. The highest BCUT2D eigenvalue weighted by molar-refractivity contribution is 5.95. The summed E-state index contributed by atoms with van der Waals surface area (Å²) in [5.74, 6) is -0.318. The fourth-order valence-electron chi connectivity index (χ4n) is 4.89. The van der Waals surface area contributed by atoms with E-state index in [1.165, 1.54) is 14.2 Å². The van der Waals surface area contributed by atoms with Gasteiger partial charge in [-0.15, -0.1) is 0 Å². The van der Waals surface area contributed by atoms with E-state index in [0.29, 0.717) is 41.1 Å². The fourth-order valence-corrected chi connectivity index (χ4v) is 4.89. The summed E-state index contributed by atoms with van der Waals surface area (Å²) in [6.07, 6.45) is 1.66. The molecule has 2 aromatic carbocycles. The summed E-state index contributed by atoms with van der Waals surface area (Å²) in [7, 11) is 4.62. The Morgan fingerprint density at radius 2 is 1.78 bits per heavy atom. The molecule has 0 saturated carbocycles. The van der Waals surface area contributed by atoms with E-state index in [9.17, 15) is 14.4 Å². The Hall–Kier alpha value is -4.40. The summed E-state index contributed by atoms with van der Waals surface area (Å²) in [4.78, 5) is 39.0. The van der Waals surface area contributed by atoms with Crippen LogP contribution in [-0.4, -0.2) is 36.6 Å². The number of ether oxygens (including phenoxy) is 1. The van der Waals surface area contributed by atoms with Crippen molar-refractivity contribution in [3.05, 3.63) is 86.7 Å². The van der Waals surface area contributed by atoms with Crippen LogP contribution in [0.15, 0.2) is 64.3 Å². The van der Waals surface area contributed by atoms with Crippen molar-refractivity contribution in [2.24, 2.45) is 20.0 Å². The van der Waals surface area contributed by atoms with Gasteiger partial charge in [-0.2, -0.15) is 5.10 Å². The zero-order valence-electron chi connectivity index (χ0n) is 21.6. The van der Waals surface area contributed by atoms with Gasteiger partial charge < -0.3 is 9.30 Å². The third-order valence-electron chi connectivity index (χ3n) is 6.64. The molecule has 0 N–H and O–H groups in total. The second-order valence-corrected chi connectivity index (χ2v) is 9.71. The largest absolute Gasteiger partial charge is 0.465 e. The number of hydrogen-bond acceptors (Lipinski definition) is 5. The molecule has 5 aromatic rings. The molecule has 0 aliphatic heterocycles. The highest BCUT2D eigenvalue weighted by Crippen LogP contribution is 2.30. The van der Waals surface area contributed by atoms with Crippen LogP contribution in [0.1, 0.15) is 29.8 Å². The Morgan fingerprint density at radius 1 is 1.05 bits per heavy atom. The first kappa shape index (κ1) is 24.3. The molecule has 3 heterocycles. The number of aryl methyl sites for hydroxylation is 1. The molecule has 190 valence electrons. The van der Waals surface area contributed by atoms with Crippen LogP contribution in [0.4, 0.5) is 0 Å². The van der Waals surface area contributed by atoms with Gasteiger partial charge in [0.2, 0.25) is 0 Å². The van der Waals surface area contributed by atoms with E-state index < -0.39 is 17.2 Å². The number of aromatic nitrogens is 5. The topological polar surface area (TPSA) is 93.1 Å². The molecule has 0 bridgehead atoms. The lowest BCUT2D eigenvalue weighted by Gasteiger charge is -2.11. The van der Waals surface area contributed by atoms with Crippen LogP contribution < -0.4 is 11.2 Å². The van der Waals surface area contributed by atoms with Crippen LogP contribution in [0.25, 0.3) is 33.2 Å². The second kappa shape index (κ2) is 9.24. The predicted molar refractivity (Wildman–Crippen MR) is 143 cm³/mol. The lowest BCUT2D eigenvalue weighted by atomic mass is 10.0. The quantitative estimate of drug-likeness (QED) is 0.333. The van der Waals surface area contributed by atoms with Crippen molar-refractivity contribution < 1.29 is 9.53 Å². The monoisotopic (exact) mass is 499 g/mol. The molecule has 0 saturated heterocycles. The zero-order chi connectivity index (χ0) is 26.4. The van der Waals surface area contributed by atoms with Gasteiger partial charge in [0.05, 0.1) is 24.9 Å². The summed E-state index contributed by atoms with van der Waals surface area (Å²) in [5.41, 5.74) is 2.03. The molecule has 5 rings (SSSR count). The van der Waals surface area contributed by atoms with E-state index in [2.05, 4.69) is 18.2 Å². The average Bonchev–Trinajstić information content (AvgIpc) is 3.45. The fraction of sp³-hybridized carbons (Fsp3) is 0.286. The minimum atomic E-state index is -0.476. The van der Waals surface area contributed by atoms with Crippen LogP contribution in [0.2, 0.25) is 0 Å². The van der Waals surface area contributed by atoms with Crippen LogP contribution in [0.5, 0.6) is 0 Å². The molecule has 0 unspecified atom stereocenters. The lowest BCUT2D eigenvalue weighted by Crippen LogP contribution is -2.38. The van der Waals surface area contributed by atoms with E-state index in [0.717, 1.165) is 20.9 Å². The van der Waals surface area contributed by atoms with Crippen molar-refractivity contribution in [2.75, 3.05) is 7.11 Å². The summed E-state index contributed by atoms with van der Waals surface area (Å²) < 4.78 is 11.2. The Morgan fingerprint density at radius 3 is 2.51 bits per heavy atom. The number of fused-ring (bicyclic) bond motifs is 2. The number of carbonyl (C=O) groups is 1. The Balaban J connectivity index is 1.86. The molecule has 9 nitrogen and oxygen atoms in total. The number of nitrogens with zero attached hydrogens (tertiary/aromatic N) is 5. The van der Waals surface area contributed by atoms with Crippen LogP contribution in [0.3, 0.4) is 0 Å². The van der Waals surface area contributed by atoms with Crippen molar-refractivity contribution in [2.45, 2.75) is 26.9 Å². The van der Waals surface area contributed by atoms with Gasteiger partial charge in [-0.3, -0.25) is 18.6 Å². The molecule has 9 heteroatoms. The minimum absolute atomic E-state index is 0.158. The van der Waals surface area contributed by atoms with Crippen molar-refractivity contribution >= 4 is 27.8 Å². The Bertz CT molecular complexity index is 1780. The maximum absolute atomic E-state index is 13.6. The van der Waals surface area contributed by atoms with Gasteiger partial charge in [-0.05, 0) is 28.3 Å². The molecule has 0 spiro atoms. The van der Waals surface area contributed by atoms with E-state index in [1.807, 2.05) is 38.1 Å². The third kappa shape index (κ3) is 4.06. The standard InChI is InChI=1S/C28H29N5O4/c1-17(2)14-32-25-23(26(34)31(4)28(32)36)24(22-13-20(15-30(22)3)27(35)37-5)33(29-25)16-19-11-8-10-18-9-6-7-12-21(18)19/h6-13,15,17H,14,16H2,1-5H3. The van der Waals surface area contributed by atoms with E-state index >= 15 is 0 Å². The SMILES string of the molecule is COC(=O)c1cc(-c2c3c(=O)n(C)c(=O)n(CC(C)C)c3nn2Cc2cccc3ccccc23)n(C)c1. The van der Waals surface area contributed by atoms with Crippen LogP contribution >= 0.6 is 0 Å². The molecule has 0 aliphatic rings. The second-order valence-electron chi connectivity index (χ2n) is 9.71. The molecule has 0 radical (unpaired) electrons. The molecule has 0 atom stereocenters. The average molecular weight is 500 g/mol. The molecular weight excluding hydrogens is 470 g/mol. The number of rotatable bonds is 6. The highest BCUT2D eigenvalue weighted by Gasteiger charge is 2.25. The lowest BCUT2D eigenvalue weighted by molar-refractivity contribution is 0.0600. The number of methoxy groups -OCH3 is 1. The normalized spacial score (nSPS) is 11.6. The van der Waals surface area contributed by atoms with E-state index in [4.69, 9.17) is 9.84 Å². The minimum Gasteiger partial charge on any atom is -0.465 e. The van der Waals surface area contributed by atoms with Crippen molar-refractivity contribution in [3.8, 4) is 11.4 Å². The number of carbonyl (C=O) groups excluding carboxylic acids is 1. The molecule has 3 aromatic heterocycles. The van der Waals surface area contributed by atoms with E-state index in [1.54, 1.807) is 33.1 Å². The van der Waals surface area contributed by atoms with Crippen molar-refractivity contribution in [3.63, 3.8) is 0 Å². The van der Waals surface area contributed by atoms with Crippen LogP contribution in [0, 0.1) is 5.92 Å². The van der Waals surface area contributed by atoms with Gasteiger partial charge in [0, 0.05) is 26.8 Å². The predicted octanol–water partition coefficient (Wildman–Crippen LogP) is 3.55. The molecule has 0 amide bonds. The smallest absolute Gasteiger partial charge is 0.339 e. The molecule has 0 fully saturated rings. The van der Waals surface area contributed by atoms with Gasteiger partial charge in [0.15, 0.2) is 5.65 Å². The maximum atomic E-state index is 13.6. The Kier molecular flexibility index (Phi) is 6.07. The molecule has 0 aliphatic carbocycles. The summed E-state index contributed by atoms with van der Waals surface area (Å²) in [6.45, 7) is 4.80. The highest BCUT2D eigenvalue weighted by atomic mass is 16.5. The number of hydrogen-bond donors (Lipinski definition) is 0. The molecular formula is C28H29N5O4. The van der Waals surface area contributed by atoms with Crippen molar-refractivity contribution in [1.29, 1.82) is 0 Å². The first-order valence-electron chi connectivity index (χ1n) is 12.1. The van der Waals surface area contributed by atoms with Gasteiger partial charge in [-0.25, -0.2) is 9.59 Å². The summed E-state index contributed by atoms with van der Waals surface area (Å²) >= 11 is 0. The number of benzene rings is 2. The maximum Gasteiger partial charge on any atom is 0.339 e. The van der Waals surface area contributed by atoms with Gasteiger partial charge in [0.1, 0.15) is 11.1 Å². The number of esters is 1. The van der Waals surface area contributed by atoms with E-state index in [-0.39, 0.29) is 5.92 Å². The van der Waals surface area contributed by atoms with Gasteiger partial charge in [-0.1, -0.05) is 56.3 Å². The van der Waals surface area contributed by atoms with Gasteiger partial charge >= 0.3 is 11.7 Å². The third-order valence-corrected chi connectivity index (χ3v) is 6.64. The first-order chi connectivity index (χ1) is 17.7. The summed E-state index contributed by atoms with van der Waals surface area (Å²) in [6, 6.07) is 15.9. The van der Waals surface area contributed by atoms with Crippen LogP contribution in [-0.2, 0) is 31.9 Å². The van der Waals surface area contributed by atoms with Crippen molar-refractivity contribution in [1.82, 2.24) is 23.5 Å².